The molecule has 0 unspecified atom stereocenters. The molecule has 166 valence electrons. The largest absolute Gasteiger partial charge is 0.471 e. The fourth-order valence-corrected chi connectivity index (χ4v) is 3.31. The van der Waals surface area contributed by atoms with Gasteiger partial charge in [0.25, 0.3) is 0 Å². The first kappa shape index (κ1) is 24.5. The van der Waals surface area contributed by atoms with E-state index in [2.05, 4.69) is 25.3 Å². The Bertz CT molecular complexity index is 852. The molecule has 1 fully saturated rings. The van der Waals surface area contributed by atoms with Crippen LogP contribution < -0.4 is 10.1 Å². The van der Waals surface area contributed by atoms with E-state index in [1.807, 2.05) is 0 Å². The number of aromatic nitrogens is 4. The summed E-state index contributed by atoms with van der Waals surface area (Å²) in [5.74, 6) is -5.72. The molecular formula is C17H19ClF5N5OS. The minimum absolute atomic E-state index is 0. The maximum absolute atomic E-state index is 14.9. The Morgan fingerprint density at radius 1 is 1.13 bits per heavy atom. The zero-order valence-electron chi connectivity index (χ0n) is 15.7. The molecule has 1 aliphatic heterocycles. The summed E-state index contributed by atoms with van der Waals surface area (Å²) in [6, 6.07) is 0.992. The van der Waals surface area contributed by atoms with E-state index in [0.29, 0.717) is 31.1 Å². The van der Waals surface area contributed by atoms with Gasteiger partial charge in [0.1, 0.15) is 0 Å². The van der Waals surface area contributed by atoms with Gasteiger partial charge in [0, 0.05) is 24.4 Å². The fraction of sp³-hybridized carbons (Fsp3) is 0.529. The third-order valence-electron chi connectivity index (χ3n) is 4.38. The van der Waals surface area contributed by atoms with Crippen molar-refractivity contribution in [3.63, 3.8) is 0 Å². The average molecular weight is 472 g/mol. The molecule has 1 saturated heterocycles. The van der Waals surface area contributed by atoms with Crippen molar-refractivity contribution in [3.05, 3.63) is 35.5 Å². The highest BCUT2D eigenvalue weighted by Gasteiger charge is 2.39. The van der Waals surface area contributed by atoms with E-state index in [-0.39, 0.29) is 29.6 Å². The molecule has 1 N–H and O–H groups in total. The third kappa shape index (κ3) is 5.88. The Balaban J connectivity index is 0.00000320. The van der Waals surface area contributed by atoms with Crippen LogP contribution >= 0.6 is 24.2 Å². The van der Waals surface area contributed by atoms with Gasteiger partial charge in [0.05, 0.1) is 11.3 Å². The first-order valence-electron chi connectivity index (χ1n) is 8.73. The van der Waals surface area contributed by atoms with Crippen molar-refractivity contribution in [2.75, 3.05) is 26.0 Å². The Labute approximate surface area is 179 Å². The second kappa shape index (κ2) is 10.0. The topological polar surface area (TPSA) is 72.8 Å². The Kier molecular flexibility index (Phi) is 8.17. The summed E-state index contributed by atoms with van der Waals surface area (Å²) in [5, 5.41) is 3.55. The van der Waals surface area contributed by atoms with Gasteiger partial charge in [0.2, 0.25) is 11.7 Å². The molecule has 0 aliphatic carbocycles. The first-order valence-corrected chi connectivity index (χ1v) is 9.96. The van der Waals surface area contributed by atoms with Crippen molar-refractivity contribution >= 4 is 24.2 Å². The quantitative estimate of drug-likeness (QED) is 0.387. The maximum atomic E-state index is 14.9. The normalized spacial score (nSPS) is 15.5. The van der Waals surface area contributed by atoms with Crippen LogP contribution in [0.1, 0.15) is 35.8 Å². The minimum Gasteiger partial charge on any atom is -0.471 e. The van der Waals surface area contributed by atoms with Gasteiger partial charge >= 0.3 is 12.1 Å². The summed E-state index contributed by atoms with van der Waals surface area (Å²) >= 11 is 1.24. The minimum atomic E-state index is -4.80. The lowest BCUT2D eigenvalue weighted by Gasteiger charge is -2.27. The lowest BCUT2D eigenvalue weighted by Crippen LogP contribution is -2.31. The van der Waals surface area contributed by atoms with Crippen molar-refractivity contribution < 1.29 is 26.7 Å². The number of thioether (sulfide) groups is 1. The van der Waals surface area contributed by atoms with Crippen LogP contribution in [0.5, 0.6) is 5.88 Å². The number of hydrogen-bond acceptors (Lipinski definition) is 7. The van der Waals surface area contributed by atoms with Crippen LogP contribution in [0.4, 0.5) is 22.0 Å². The second-order valence-corrected chi connectivity index (χ2v) is 7.16. The molecular weight excluding hydrogens is 453 g/mol. The van der Waals surface area contributed by atoms with Gasteiger partial charge in [-0.05, 0) is 32.2 Å². The zero-order valence-corrected chi connectivity index (χ0v) is 17.4. The predicted molar refractivity (Wildman–Crippen MR) is 102 cm³/mol. The Morgan fingerprint density at radius 2 is 1.83 bits per heavy atom. The lowest BCUT2D eigenvalue weighted by atomic mass is 9.90. The first-order chi connectivity index (χ1) is 13.7. The summed E-state index contributed by atoms with van der Waals surface area (Å²) < 4.78 is 72.8. The van der Waals surface area contributed by atoms with Gasteiger partial charge in [-0.1, -0.05) is 11.8 Å². The SMILES string of the molecule is CSc1ncc(C(F)(F)COc2ccnc(C(F)(F)F)n2)c(C2CCNCC2)n1.Cl. The molecule has 0 radical (unpaired) electrons. The van der Waals surface area contributed by atoms with Crippen LogP contribution in [0.2, 0.25) is 0 Å². The smallest absolute Gasteiger partial charge is 0.451 e. The lowest BCUT2D eigenvalue weighted by molar-refractivity contribution is -0.145. The molecule has 3 rings (SSSR count). The van der Waals surface area contributed by atoms with Crippen molar-refractivity contribution in [2.45, 2.75) is 36.0 Å². The number of ether oxygens (including phenoxy) is 1. The monoisotopic (exact) mass is 471 g/mol. The molecule has 0 saturated carbocycles. The number of piperidine rings is 1. The van der Waals surface area contributed by atoms with Gasteiger partial charge < -0.3 is 10.1 Å². The van der Waals surface area contributed by atoms with Crippen molar-refractivity contribution in [1.82, 2.24) is 25.3 Å². The summed E-state index contributed by atoms with van der Waals surface area (Å²) in [4.78, 5) is 14.5. The number of halogens is 6. The molecule has 2 aromatic heterocycles. The van der Waals surface area contributed by atoms with E-state index in [0.717, 1.165) is 18.5 Å². The van der Waals surface area contributed by atoms with Crippen LogP contribution in [0.3, 0.4) is 0 Å². The van der Waals surface area contributed by atoms with E-state index in [9.17, 15) is 22.0 Å². The van der Waals surface area contributed by atoms with Gasteiger partial charge in [-0.25, -0.2) is 15.0 Å². The van der Waals surface area contributed by atoms with Crippen LogP contribution in [0.15, 0.2) is 23.6 Å². The molecule has 6 nitrogen and oxygen atoms in total. The fourth-order valence-electron chi connectivity index (χ4n) is 2.97. The Hall–Kier alpha value is -1.79. The molecule has 0 amide bonds. The van der Waals surface area contributed by atoms with Gasteiger partial charge in [-0.2, -0.15) is 26.9 Å². The third-order valence-corrected chi connectivity index (χ3v) is 4.95. The van der Waals surface area contributed by atoms with E-state index in [1.165, 1.54) is 11.8 Å². The van der Waals surface area contributed by atoms with Crippen LogP contribution in [-0.4, -0.2) is 45.9 Å². The molecule has 2 aromatic rings. The molecule has 1 aliphatic rings. The number of alkyl halides is 5. The maximum Gasteiger partial charge on any atom is 0.451 e. The number of hydrogen-bond donors (Lipinski definition) is 1. The van der Waals surface area contributed by atoms with E-state index >= 15 is 0 Å². The summed E-state index contributed by atoms with van der Waals surface area (Å²) in [7, 11) is 0. The van der Waals surface area contributed by atoms with Crippen molar-refractivity contribution in [2.24, 2.45) is 0 Å². The zero-order chi connectivity index (χ0) is 21.1. The predicted octanol–water partition coefficient (Wildman–Crippen LogP) is 4.07. The van der Waals surface area contributed by atoms with E-state index < -0.39 is 30.4 Å². The molecule has 3 heterocycles. The summed E-state index contributed by atoms with van der Waals surface area (Å²) in [5.41, 5.74) is -0.134. The number of nitrogens with one attached hydrogen (secondary N) is 1. The standard InChI is InChI=1S/C17H18F5N5OS.ClH/c1-29-15-25-8-11(13(27-15)10-2-5-23-6-3-10)16(18,19)9-28-12-4-7-24-14(26-12)17(20,21)22;/h4,7-8,10,23H,2-3,5-6,9H2,1H3;1H. The summed E-state index contributed by atoms with van der Waals surface area (Å²) in [6.45, 7) is 0.180. The molecule has 30 heavy (non-hydrogen) atoms. The van der Waals surface area contributed by atoms with Crippen molar-refractivity contribution in [1.29, 1.82) is 0 Å². The highest BCUT2D eigenvalue weighted by molar-refractivity contribution is 7.98. The average Bonchev–Trinajstić information content (AvgIpc) is 2.72. The molecule has 13 heteroatoms. The number of rotatable bonds is 6. The van der Waals surface area contributed by atoms with Crippen molar-refractivity contribution in [3.8, 4) is 5.88 Å². The second-order valence-electron chi connectivity index (χ2n) is 6.39. The van der Waals surface area contributed by atoms with Crippen LogP contribution in [0.25, 0.3) is 0 Å². The number of nitrogens with zero attached hydrogens (tertiary/aromatic N) is 4. The van der Waals surface area contributed by atoms with Gasteiger partial charge in [-0.15, -0.1) is 12.4 Å². The van der Waals surface area contributed by atoms with Crippen LogP contribution in [-0.2, 0) is 12.1 Å². The molecule has 0 spiro atoms. The molecule has 0 bridgehead atoms. The molecule has 0 aromatic carbocycles. The van der Waals surface area contributed by atoms with Gasteiger partial charge in [-0.3, -0.25) is 0 Å². The highest BCUT2D eigenvalue weighted by Crippen LogP contribution is 2.37. The van der Waals surface area contributed by atoms with Gasteiger partial charge in [0.15, 0.2) is 11.8 Å². The summed E-state index contributed by atoms with van der Waals surface area (Å²) in [6.07, 6.45) is 0.118. The van der Waals surface area contributed by atoms with E-state index in [4.69, 9.17) is 4.74 Å². The molecule has 0 atom stereocenters. The van der Waals surface area contributed by atoms with E-state index in [1.54, 1.807) is 6.26 Å². The highest BCUT2D eigenvalue weighted by atomic mass is 35.5. The van der Waals surface area contributed by atoms with Crippen LogP contribution in [0, 0.1) is 0 Å². The Morgan fingerprint density at radius 3 is 2.47 bits per heavy atom.